The number of benzene rings is 4. The number of nitrogens with one attached hydrogen (secondary N) is 3. The minimum atomic E-state index is -0.509. The molecule has 2 saturated carbocycles. The second-order valence-electron chi connectivity index (χ2n) is 14.6. The number of carbonyl (C=O) groups excluding carboxylic acids is 1. The van der Waals surface area contributed by atoms with E-state index in [1.807, 2.05) is 44.2 Å². The van der Waals surface area contributed by atoms with Crippen molar-refractivity contribution in [1.82, 2.24) is 0 Å². The molecule has 7 N–H and O–H groups in total. The first-order chi connectivity index (χ1) is 24.0. The Morgan fingerprint density at radius 2 is 1.28 bits per heavy atom. The Hall–Kier alpha value is -4.73. The first-order valence-electron chi connectivity index (χ1n) is 18.0. The van der Waals surface area contributed by atoms with E-state index in [-0.39, 0.29) is 0 Å². The number of esters is 1. The SMILES string of the molecule is Cc1ccc(O[NH+]([O-])c2ccc(C3CCC(C)CC3)cc2N)cc1NNc1cc(OC(=O)c2ccc(C3CCC(C)CC3)cc2)cc(N)c1C. The largest absolute Gasteiger partial charge is 0.585 e. The van der Waals surface area contributed by atoms with Crippen LogP contribution in [0.15, 0.2) is 72.8 Å². The molecule has 0 aliphatic heterocycles. The predicted octanol–water partition coefficient (Wildman–Crippen LogP) is 8.72. The summed E-state index contributed by atoms with van der Waals surface area (Å²) >= 11 is 0. The van der Waals surface area contributed by atoms with Crippen LogP contribution in [0.3, 0.4) is 0 Å². The summed E-state index contributed by atoms with van der Waals surface area (Å²) in [5.74, 6) is 2.85. The lowest BCUT2D eigenvalue weighted by atomic mass is 9.79. The number of aryl methyl sites for hydroxylation is 1. The minimum Gasteiger partial charge on any atom is -0.585 e. The second kappa shape index (κ2) is 15.4. The van der Waals surface area contributed by atoms with E-state index >= 15 is 0 Å². The van der Waals surface area contributed by atoms with E-state index in [2.05, 4.69) is 36.8 Å². The van der Waals surface area contributed by atoms with Crippen LogP contribution in [0.4, 0.5) is 28.4 Å². The molecule has 9 nitrogen and oxygen atoms in total. The maximum absolute atomic E-state index is 13.2. The third-order valence-corrected chi connectivity index (χ3v) is 10.8. The monoisotopic (exact) mass is 677 g/mol. The molecule has 4 aromatic carbocycles. The number of hydrogen-bond acceptors (Lipinski definition) is 8. The van der Waals surface area contributed by atoms with Crippen molar-refractivity contribution in [2.45, 2.75) is 90.9 Å². The van der Waals surface area contributed by atoms with Crippen LogP contribution in [-0.4, -0.2) is 5.97 Å². The third-order valence-electron chi connectivity index (χ3n) is 10.8. The van der Waals surface area contributed by atoms with Crippen LogP contribution in [0.25, 0.3) is 0 Å². The van der Waals surface area contributed by atoms with Crippen molar-refractivity contribution in [3.8, 4) is 11.5 Å². The highest BCUT2D eigenvalue weighted by atomic mass is 16.9. The molecule has 0 amide bonds. The Morgan fingerprint density at radius 3 is 1.92 bits per heavy atom. The molecule has 0 radical (unpaired) electrons. The quantitative estimate of drug-likeness (QED) is 0.0486. The summed E-state index contributed by atoms with van der Waals surface area (Å²) in [4.78, 5) is 18.8. The fourth-order valence-electron chi connectivity index (χ4n) is 7.26. The number of nitrogen functional groups attached to an aromatic ring is 2. The van der Waals surface area contributed by atoms with E-state index in [1.165, 1.54) is 49.7 Å². The number of hydrazine groups is 1. The standard InChI is InChI=1S/C41H51N5O4/c1-25-5-10-29(11-6-25)30-14-16-32(17-15-30)41(47)49-35-22-36(42)28(4)39(24-35)45-44-38-23-34(19-9-27(38)3)50-46(48)40-20-18-33(21-37(40)43)31-12-7-26(2)8-13-31/h9,14-26,29,31,44-46H,5-8,10-13,42-43H2,1-4H3. The lowest BCUT2D eigenvalue weighted by molar-refractivity contribution is -0.962. The van der Waals surface area contributed by atoms with E-state index in [9.17, 15) is 10.0 Å². The number of carbonyl (C=O) groups is 1. The van der Waals surface area contributed by atoms with Gasteiger partial charge in [-0.05, 0) is 110 Å². The van der Waals surface area contributed by atoms with Crippen LogP contribution in [0.2, 0.25) is 0 Å². The van der Waals surface area contributed by atoms with Gasteiger partial charge < -0.3 is 37.1 Å². The number of nitrogens with two attached hydrogens (primary N) is 2. The Balaban J connectivity index is 1.08. The van der Waals surface area contributed by atoms with Crippen molar-refractivity contribution < 1.29 is 19.6 Å². The summed E-state index contributed by atoms with van der Waals surface area (Å²) in [7, 11) is 0. The van der Waals surface area contributed by atoms with E-state index in [1.54, 1.807) is 30.3 Å². The molecule has 1 unspecified atom stereocenters. The number of ether oxygens (including phenoxy) is 1. The van der Waals surface area contributed by atoms with Crippen molar-refractivity contribution in [2.75, 3.05) is 22.3 Å². The van der Waals surface area contributed by atoms with E-state index < -0.39 is 11.2 Å². The van der Waals surface area contributed by atoms with Crippen molar-refractivity contribution in [3.05, 3.63) is 106 Å². The van der Waals surface area contributed by atoms with Gasteiger partial charge in [-0.2, -0.15) is 0 Å². The summed E-state index contributed by atoms with van der Waals surface area (Å²) in [5.41, 5.74) is 26.3. The number of quaternary nitrogens is 1. The molecule has 9 heteroatoms. The highest BCUT2D eigenvalue weighted by Crippen LogP contribution is 2.38. The third kappa shape index (κ3) is 8.34. The first-order valence-corrected chi connectivity index (χ1v) is 18.0. The van der Waals surface area contributed by atoms with Gasteiger partial charge in [-0.3, -0.25) is 0 Å². The second-order valence-corrected chi connectivity index (χ2v) is 14.6. The average molecular weight is 678 g/mol. The normalized spacial score (nSPS) is 21.2. The van der Waals surface area contributed by atoms with E-state index in [4.69, 9.17) is 21.0 Å². The van der Waals surface area contributed by atoms with E-state index in [0.29, 0.717) is 57.3 Å². The minimum absolute atomic E-state index is 0.328. The number of rotatable bonds is 10. The fraction of sp³-hybridized carbons (Fsp3) is 0.390. The zero-order chi connectivity index (χ0) is 35.4. The van der Waals surface area contributed by atoms with Gasteiger partial charge in [0, 0.05) is 30.0 Å². The molecular formula is C41H51N5O4. The van der Waals surface area contributed by atoms with Crippen LogP contribution in [-0.2, 0) is 0 Å². The van der Waals surface area contributed by atoms with Crippen molar-refractivity contribution in [3.63, 3.8) is 0 Å². The van der Waals surface area contributed by atoms with Crippen molar-refractivity contribution >= 4 is 34.4 Å². The average Bonchev–Trinajstić information content (AvgIpc) is 3.11. The topological polar surface area (TPSA) is 139 Å². The summed E-state index contributed by atoms with van der Waals surface area (Å²) in [6, 6.07) is 22.2. The summed E-state index contributed by atoms with van der Waals surface area (Å²) in [6.45, 7) is 8.44. The zero-order valence-electron chi connectivity index (χ0n) is 29.7. The Labute approximate surface area is 295 Å². The Kier molecular flexibility index (Phi) is 10.8. The lowest BCUT2D eigenvalue weighted by Crippen LogP contribution is -3.04. The molecule has 2 aliphatic rings. The van der Waals surface area contributed by atoms with Gasteiger partial charge in [-0.25, -0.2) is 4.79 Å². The number of anilines is 4. The van der Waals surface area contributed by atoms with Gasteiger partial charge in [0.2, 0.25) is 0 Å². The molecule has 2 fully saturated rings. The van der Waals surface area contributed by atoms with Crippen LogP contribution in [0, 0.1) is 30.9 Å². The van der Waals surface area contributed by atoms with Crippen LogP contribution in [0.1, 0.15) is 110 Å². The van der Waals surface area contributed by atoms with Crippen LogP contribution >= 0.6 is 0 Å². The van der Waals surface area contributed by atoms with Crippen LogP contribution < -0.4 is 37.1 Å². The fourth-order valence-corrected chi connectivity index (χ4v) is 7.26. The smallest absolute Gasteiger partial charge is 0.343 e. The van der Waals surface area contributed by atoms with Crippen molar-refractivity contribution in [2.24, 2.45) is 11.8 Å². The maximum Gasteiger partial charge on any atom is 0.343 e. The lowest BCUT2D eigenvalue weighted by Gasteiger charge is -2.27. The van der Waals surface area contributed by atoms with Gasteiger partial charge in [0.05, 0.1) is 22.6 Å². The number of hydrogen-bond donors (Lipinski definition) is 5. The Bertz CT molecular complexity index is 1790. The highest BCUT2D eigenvalue weighted by Gasteiger charge is 2.23. The molecule has 0 bridgehead atoms. The Morgan fingerprint density at radius 1 is 0.700 bits per heavy atom. The first kappa shape index (κ1) is 35.1. The molecule has 0 aromatic heterocycles. The molecule has 264 valence electrons. The van der Waals surface area contributed by atoms with Crippen molar-refractivity contribution in [1.29, 1.82) is 0 Å². The zero-order valence-corrected chi connectivity index (χ0v) is 29.7. The molecule has 4 aromatic rings. The molecule has 6 rings (SSSR count). The van der Waals surface area contributed by atoms with E-state index in [0.717, 1.165) is 35.8 Å². The summed E-state index contributed by atoms with van der Waals surface area (Å²) in [6.07, 6.45) is 9.60. The maximum atomic E-state index is 13.2. The molecule has 50 heavy (non-hydrogen) atoms. The molecule has 1 atom stereocenters. The van der Waals surface area contributed by atoms with Gasteiger partial charge in [-0.15, -0.1) is 5.23 Å². The summed E-state index contributed by atoms with van der Waals surface area (Å²) in [5, 5.41) is 12.6. The molecular weight excluding hydrogens is 626 g/mol. The van der Waals surface area contributed by atoms with Gasteiger partial charge in [0.25, 0.3) is 0 Å². The highest BCUT2D eigenvalue weighted by molar-refractivity contribution is 5.91. The molecule has 2 aliphatic carbocycles. The molecule has 0 spiro atoms. The predicted molar refractivity (Wildman–Crippen MR) is 202 cm³/mol. The summed E-state index contributed by atoms with van der Waals surface area (Å²) < 4.78 is 5.76. The molecule has 0 saturated heterocycles. The van der Waals surface area contributed by atoms with Gasteiger partial charge in [0.1, 0.15) is 5.75 Å². The van der Waals surface area contributed by atoms with Crippen LogP contribution in [0.5, 0.6) is 11.5 Å². The molecule has 0 heterocycles. The van der Waals surface area contributed by atoms with Gasteiger partial charge in [-0.1, -0.05) is 63.8 Å². The van der Waals surface area contributed by atoms with Gasteiger partial charge in [0.15, 0.2) is 11.4 Å². The van der Waals surface area contributed by atoms with Gasteiger partial charge >= 0.3 is 5.97 Å².